The Morgan fingerprint density at radius 3 is 2.30 bits per heavy atom. The van der Waals surface area contributed by atoms with Crippen LogP contribution >= 0.6 is 0 Å². The van der Waals surface area contributed by atoms with Crippen LogP contribution in [-0.4, -0.2) is 52.6 Å². The Bertz CT molecular complexity index is 975. The van der Waals surface area contributed by atoms with Gasteiger partial charge < -0.3 is 29.4 Å². The van der Waals surface area contributed by atoms with E-state index >= 15 is 0 Å². The monoisotopic (exact) mass is 457 g/mol. The molecule has 2 aromatic carbocycles. The summed E-state index contributed by atoms with van der Waals surface area (Å²) in [7, 11) is 8.39. The Labute approximate surface area is 196 Å². The highest BCUT2D eigenvalue weighted by molar-refractivity contribution is 5.84. The number of carboxylic acid groups (broad SMARTS) is 1. The SMILES string of the molecule is CNC(CCc1ccc(OC)c(OC)c1)CCC1(C(=O)O)CCc2c1ccc(OC)c2OC. The molecule has 0 bridgehead atoms. The molecule has 0 saturated carbocycles. The fourth-order valence-electron chi connectivity index (χ4n) is 4.98. The third-order valence-electron chi connectivity index (χ3n) is 6.93. The maximum absolute atomic E-state index is 12.5. The molecule has 180 valence electrons. The van der Waals surface area contributed by atoms with Crippen molar-refractivity contribution in [2.45, 2.75) is 50.0 Å². The summed E-state index contributed by atoms with van der Waals surface area (Å²) in [6.45, 7) is 0. The smallest absolute Gasteiger partial charge is 0.314 e. The number of benzene rings is 2. The summed E-state index contributed by atoms with van der Waals surface area (Å²) in [6.07, 6.45) is 4.28. The highest BCUT2D eigenvalue weighted by Crippen LogP contribution is 2.49. The minimum Gasteiger partial charge on any atom is -0.493 e. The summed E-state index contributed by atoms with van der Waals surface area (Å²) in [5, 5.41) is 13.7. The molecule has 0 aliphatic heterocycles. The van der Waals surface area contributed by atoms with E-state index in [-0.39, 0.29) is 6.04 Å². The number of fused-ring (bicyclic) bond motifs is 1. The maximum atomic E-state index is 12.5. The largest absolute Gasteiger partial charge is 0.493 e. The second kappa shape index (κ2) is 10.8. The summed E-state index contributed by atoms with van der Waals surface area (Å²) < 4.78 is 21.7. The minimum absolute atomic E-state index is 0.193. The van der Waals surface area contributed by atoms with E-state index in [0.717, 1.165) is 36.0 Å². The second-order valence-corrected chi connectivity index (χ2v) is 8.47. The second-order valence-electron chi connectivity index (χ2n) is 8.47. The quantitative estimate of drug-likeness (QED) is 0.498. The van der Waals surface area contributed by atoms with Crippen molar-refractivity contribution in [1.29, 1.82) is 0 Å². The first-order chi connectivity index (χ1) is 15.9. The topological polar surface area (TPSA) is 86.3 Å². The van der Waals surface area contributed by atoms with Crippen molar-refractivity contribution >= 4 is 5.97 Å². The number of aryl methyl sites for hydroxylation is 1. The number of carbonyl (C=O) groups is 1. The average Bonchev–Trinajstić information content (AvgIpc) is 3.23. The van der Waals surface area contributed by atoms with E-state index in [9.17, 15) is 9.90 Å². The van der Waals surface area contributed by atoms with Crippen LogP contribution in [0, 0.1) is 0 Å². The number of aliphatic carboxylic acids is 1. The number of hydrogen-bond acceptors (Lipinski definition) is 6. The molecule has 1 aliphatic carbocycles. The zero-order valence-corrected chi connectivity index (χ0v) is 20.2. The number of nitrogens with one attached hydrogen (secondary N) is 1. The maximum Gasteiger partial charge on any atom is 0.314 e. The van der Waals surface area contributed by atoms with Gasteiger partial charge in [-0.3, -0.25) is 4.79 Å². The summed E-state index contributed by atoms with van der Waals surface area (Å²) in [4.78, 5) is 12.5. The summed E-state index contributed by atoms with van der Waals surface area (Å²) in [6, 6.07) is 9.86. The minimum atomic E-state index is -0.909. The molecule has 7 heteroatoms. The van der Waals surface area contributed by atoms with Crippen LogP contribution in [-0.2, 0) is 23.1 Å². The Hall–Kier alpha value is -2.93. The summed E-state index contributed by atoms with van der Waals surface area (Å²) in [5.74, 6) is 1.94. The van der Waals surface area contributed by atoms with Crippen molar-refractivity contribution in [3.8, 4) is 23.0 Å². The van der Waals surface area contributed by atoms with Crippen LogP contribution < -0.4 is 24.3 Å². The van der Waals surface area contributed by atoms with Crippen molar-refractivity contribution in [3.05, 3.63) is 47.0 Å². The first-order valence-corrected chi connectivity index (χ1v) is 11.3. The predicted molar refractivity (Wildman–Crippen MR) is 127 cm³/mol. The Kier molecular flexibility index (Phi) is 8.08. The average molecular weight is 458 g/mol. The van der Waals surface area contributed by atoms with Gasteiger partial charge in [0.05, 0.1) is 33.9 Å². The van der Waals surface area contributed by atoms with E-state index in [1.165, 1.54) is 0 Å². The first kappa shape index (κ1) is 24.7. The molecule has 0 spiro atoms. The lowest BCUT2D eigenvalue weighted by Gasteiger charge is -2.28. The van der Waals surface area contributed by atoms with E-state index in [2.05, 4.69) is 5.32 Å². The molecule has 7 nitrogen and oxygen atoms in total. The van der Waals surface area contributed by atoms with Crippen LogP contribution in [0.1, 0.15) is 42.4 Å². The van der Waals surface area contributed by atoms with Gasteiger partial charge in [-0.2, -0.15) is 0 Å². The van der Waals surface area contributed by atoms with Crippen molar-refractivity contribution in [2.75, 3.05) is 35.5 Å². The molecule has 3 rings (SSSR count). The van der Waals surface area contributed by atoms with Crippen LogP contribution in [0.4, 0.5) is 0 Å². The molecule has 0 fully saturated rings. The van der Waals surface area contributed by atoms with E-state index in [1.807, 2.05) is 37.4 Å². The molecule has 1 aliphatic rings. The molecule has 0 heterocycles. The molecular weight excluding hydrogens is 422 g/mol. The molecule has 33 heavy (non-hydrogen) atoms. The van der Waals surface area contributed by atoms with Crippen molar-refractivity contribution in [3.63, 3.8) is 0 Å². The molecule has 0 amide bonds. The van der Waals surface area contributed by atoms with E-state index < -0.39 is 11.4 Å². The predicted octanol–water partition coefficient (Wildman–Crippen LogP) is 3.99. The fourth-order valence-corrected chi connectivity index (χ4v) is 4.98. The highest BCUT2D eigenvalue weighted by Gasteiger charge is 2.46. The normalized spacial score (nSPS) is 17.8. The number of methoxy groups -OCH3 is 4. The Morgan fingerprint density at radius 1 is 1.00 bits per heavy atom. The van der Waals surface area contributed by atoms with Crippen molar-refractivity contribution < 1.29 is 28.8 Å². The lowest BCUT2D eigenvalue weighted by atomic mass is 9.76. The number of rotatable bonds is 12. The van der Waals surface area contributed by atoms with Crippen LogP contribution in [0.5, 0.6) is 23.0 Å². The lowest BCUT2D eigenvalue weighted by molar-refractivity contribution is -0.144. The van der Waals surface area contributed by atoms with Gasteiger partial charge in [0.2, 0.25) is 0 Å². The summed E-state index contributed by atoms with van der Waals surface area (Å²) in [5.41, 5.74) is 2.05. The van der Waals surface area contributed by atoms with Gasteiger partial charge in [0.25, 0.3) is 0 Å². The molecule has 2 N–H and O–H groups in total. The number of carboxylic acids is 1. The van der Waals surface area contributed by atoms with Gasteiger partial charge in [-0.1, -0.05) is 12.1 Å². The molecule has 2 aromatic rings. The zero-order chi connectivity index (χ0) is 24.0. The van der Waals surface area contributed by atoms with Crippen LogP contribution in [0.3, 0.4) is 0 Å². The molecule has 0 aromatic heterocycles. The summed E-state index contributed by atoms with van der Waals surface area (Å²) >= 11 is 0. The van der Waals surface area contributed by atoms with Gasteiger partial charge in [0, 0.05) is 11.6 Å². The van der Waals surface area contributed by atoms with E-state index in [0.29, 0.717) is 42.3 Å². The van der Waals surface area contributed by atoms with Crippen LogP contribution in [0.15, 0.2) is 30.3 Å². The van der Waals surface area contributed by atoms with Crippen molar-refractivity contribution in [2.24, 2.45) is 0 Å². The molecule has 2 unspecified atom stereocenters. The number of ether oxygens (including phenoxy) is 4. The van der Waals surface area contributed by atoms with Crippen LogP contribution in [0.25, 0.3) is 0 Å². The highest BCUT2D eigenvalue weighted by atomic mass is 16.5. The van der Waals surface area contributed by atoms with E-state index in [1.54, 1.807) is 28.4 Å². The number of hydrogen-bond donors (Lipinski definition) is 2. The lowest BCUT2D eigenvalue weighted by Crippen LogP contribution is -2.36. The van der Waals surface area contributed by atoms with Gasteiger partial charge in [0.1, 0.15) is 0 Å². The third-order valence-corrected chi connectivity index (χ3v) is 6.93. The first-order valence-electron chi connectivity index (χ1n) is 11.3. The van der Waals surface area contributed by atoms with Gasteiger partial charge in [0.15, 0.2) is 23.0 Å². The molecule has 0 saturated heterocycles. The van der Waals surface area contributed by atoms with Gasteiger partial charge in [-0.15, -0.1) is 0 Å². The molecular formula is C26H35NO6. The Balaban J connectivity index is 1.74. The standard InChI is InChI=1S/C26H35NO6/c1-27-18(8-6-17-7-10-21(30-2)23(16-17)32-4)12-14-26(25(28)29)15-13-19-20(26)9-11-22(31-3)24(19)33-5/h7,9-11,16,18,27H,6,8,12-15H2,1-5H3,(H,28,29). The van der Waals surface area contributed by atoms with Crippen molar-refractivity contribution in [1.82, 2.24) is 5.32 Å². The van der Waals surface area contributed by atoms with E-state index in [4.69, 9.17) is 18.9 Å². The fraction of sp³-hybridized carbons (Fsp3) is 0.500. The molecule has 2 atom stereocenters. The Morgan fingerprint density at radius 2 is 1.70 bits per heavy atom. The van der Waals surface area contributed by atoms with Crippen LogP contribution in [0.2, 0.25) is 0 Å². The van der Waals surface area contributed by atoms with Gasteiger partial charge in [-0.05, 0) is 74.9 Å². The van der Waals surface area contributed by atoms with Gasteiger partial charge >= 0.3 is 5.97 Å². The van der Waals surface area contributed by atoms with Gasteiger partial charge in [-0.25, -0.2) is 0 Å². The third kappa shape index (κ3) is 4.88. The zero-order valence-electron chi connectivity index (χ0n) is 20.2. The molecule has 0 radical (unpaired) electrons.